The van der Waals surface area contributed by atoms with Crippen LogP contribution in [0.15, 0.2) is 0 Å². The van der Waals surface area contributed by atoms with Crippen LogP contribution in [0.5, 0.6) is 0 Å². The van der Waals surface area contributed by atoms with Crippen LogP contribution in [-0.4, -0.2) is 40.4 Å². The van der Waals surface area contributed by atoms with Crippen molar-refractivity contribution in [1.82, 2.24) is 5.32 Å². The molecule has 0 fully saturated rings. The molecule has 0 radical (unpaired) electrons. The Kier molecular flexibility index (Phi) is 9.85. The zero-order chi connectivity index (χ0) is 13.1. The Balaban J connectivity index is 4.18. The first kappa shape index (κ1) is 16.9. The molecule has 0 aromatic rings. The van der Waals surface area contributed by atoms with Gasteiger partial charge in [-0.1, -0.05) is 12.6 Å². The minimum Gasteiger partial charge on any atom is -0.374 e. The molecule has 0 saturated carbocycles. The highest BCUT2D eigenvalue weighted by Gasteiger charge is 2.39. The van der Waals surface area contributed by atoms with E-state index in [-0.39, 0.29) is 5.24 Å². The molecule has 102 valence electrons. The van der Waals surface area contributed by atoms with Crippen molar-refractivity contribution < 1.29 is 18.1 Å². The molecule has 0 heterocycles. The molecule has 0 aliphatic heterocycles. The first-order valence-electron chi connectivity index (χ1n) is 5.98. The molecule has 0 aromatic heterocycles. The average Bonchev–Trinajstić information content (AvgIpc) is 2.25. The second-order valence-electron chi connectivity index (χ2n) is 3.32. The third kappa shape index (κ3) is 7.77. The van der Waals surface area contributed by atoms with Crippen molar-refractivity contribution in [2.75, 3.05) is 26.4 Å². The van der Waals surface area contributed by atoms with Crippen molar-refractivity contribution in [1.29, 1.82) is 0 Å². The highest BCUT2D eigenvalue weighted by atomic mass is 32.1. The van der Waals surface area contributed by atoms with Gasteiger partial charge in [-0.3, -0.25) is 4.79 Å². The molecule has 0 bridgehead atoms. The standard InChI is InChI=1S/C10H23NO4SSi/c1-4-13-17(14-5-2,15-6-3)9-7-8-11-10(12)16/h4-9H2,1-3H3,(H2,11,12,16). The Labute approximate surface area is 110 Å². The first-order valence-corrected chi connectivity index (χ1v) is 8.36. The molecule has 7 heteroatoms. The maximum Gasteiger partial charge on any atom is 0.500 e. The van der Waals surface area contributed by atoms with E-state index in [9.17, 15) is 4.79 Å². The molecular formula is C10H23NO4SSi. The fourth-order valence-electron chi connectivity index (χ4n) is 1.50. The van der Waals surface area contributed by atoms with Crippen LogP contribution in [0.25, 0.3) is 0 Å². The predicted octanol–water partition coefficient (Wildman–Crippen LogP) is 2.06. The lowest BCUT2D eigenvalue weighted by atomic mass is 10.5. The van der Waals surface area contributed by atoms with Crippen LogP contribution in [0.2, 0.25) is 6.04 Å². The van der Waals surface area contributed by atoms with Crippen LogP contribution in [0.3, 0.4) is 0 Å². The second-order valence-corrected chi connectivity index (χ2v) is 6.46. The predicted molar refractivity (Wildman–Crippen MR) is 72.4 cm³/mol. The molecule has 0 spiro atoms. The summed E-state index contributed by atoms with van der Waals surface area (Å²) in [5, 5.41) is 2.31. The zero-order valence-corrected chi connectivity index (χ0v) is 12.7. The van der Waals surface area contributed by atoms with Gasteiger partial charge in [0.25, 0.3) is 5.24 Å². The lowest BCUT2D eigenvalue weighted by Gasteiger charge is -2.28. The summed E-state index contributed by atoms with van der Waals surface area (Å²) in [5.41, 5.74) is 0. The van der Waals surface area contributed by atoms with Gasteiger partial charge in [0.2, 0.25) is 0 Å². The number of amides is 1. The lowest BCUT2D eigenvalue weighted by molar-refractivity contribution is 0.0708. The summed E-state index contributed by atoms with van der Waals surface area (Å²) >= 11 is 3.63. The quantitative estimate of drug-likeness (QED) is 0.366. The van der Waals surface area contributed by atoms with Crippen LogP contribution in [0.4, 0.5) is 4.79 Å². The highest BCUT2D eigenvalue weighted by molar-refractivity contribution is 7.96. The third-order valence-corrected chi connectivity index (χ3v) is 5.34. The maximum atomic E-state index is 10.6. The molecule has 5 nitrogen and oxygen atoms in total. The maximum absolute atomic E-state index is 10.6. The van der Waals surface area contributed by atoms with E-state index in [2.05, 4.69) is 17.9 Å². The highest BCUT2D eigenvalue weighted by Crippen LogP contribution is 2.17. The Hall–Kier alpha value is -0.0831. The van der Waals surface area contributed by atoms with Gasteiger partial charge in [-0.2, -0.15) is 0 Å². The lowest BCUT2D eigenvalue weighted by Crippen LogP contribution is -2.46. The first-order chi connectivity index (χ1) is 8.10. The van der Waals surface area contributed by atoms with Crippen molar-refractivity contribution in [3.63, 3.8) is 0 Å². The van der Waals surface area contributed by atoms with Crippen LogP contribution in [-0.2, 0) is 13.3 Å². The Morgan fingerprint density at radius 3 is 1.94 bits per heavy atom. The minimum absolute atomic E-state index is 0.318. The monoisotopic (exact) mass is 281 g/mol. The van der Waals surface area contributed by atoms with E-state index < -0.39 is 8.80 Å². The number of carbonyl (C=O) groups excluding carboxylic acids is 1. The topological polar surface area (TPSA) is 56.8 Å². The van der Waals surface area contributed by atoms with Gasteiger partial charge in [-0.05, 0) is 27.2 Å². The summed E-state index contributed by atoms with van der Waals surface area (Å²) in [6.45, 7) is 8.06. The summed E-state index contributed by atoms with van der Waals surface area (Å²) in [5.74, 6) is 0. The van der Waals surface area contributed by atoms with E-state index in [1.54, 1.807) is 0 Å². The van der Waals surface area contributed by atoms with Crippen molar-refractivity contribution in [2.45, 2.75) is 33.2 Å². The summed E-state index contributed by atoms with van der Waals surface area (Å²) in [6, 6.07) is 0.705. The van der Waals surface area contributed by atoms with E-state index in [1.807, 2.05) is 20.8 Å². The van der Waals surface area contributed by atoms with E-state index in [0.29, 0.717) is 32.4 Å². The molecule has 17 heavy (non-hydrogen) atoms. The van der Waals surface area contributed by atoms with Gasteiger partial charge in [-0.25, -0.2) is 0 Å². The number of carbonyl (C=O) groups is 1. The number of thiol groups is 1. The van der Waals surface area contributed by atoms with Gasteiger partial charge in [0.05, 0.1) is 0 Å². The Bertz CT molecular complexity index is 201. The summed E-state index contributed by atoms with van der Waals surface area (Å²) < 4.78 is 17.0. The van der Waals surface area contributed by atoms with Gasteiger partial charge in [0, 0.05) is 32.4 Å². The van der Waals surface area contributed by atoms with Gasteiger partial charge >= 0.3 is 8.80 Å². The molecule has 0 aromatic carbocycles. The summed E-state index contributed by atoms with van der Waals surface area (Å²) in [7, 11) is -2.54. The molecule has 0 aliphatic carbocycles. The molecule has 1 N–H and O–H groups in total. The largest absolute Gasteiger partial charge is 0.500 e. The molecule has 0 atom stereocenters. The number of rotatable bonds is 10. The second kappa shape index (κ2) is 9.90. The van der Waals surface area contributed by atoms with E-state index in [1.165, 1.54) is 0 Å². The smallest absolute Gasteiger partial charge is 0.374 e. The van der Waals surface area contributed by atoms with E-state index >= 15 is 0 Å². The van der Waals surface area contributed by atoms with Crippen molar-refractivity contribution in [3.05, 3.63) is 0 Å². The molecule has 0 rings (SSSR count). The van der Waals surface area contributed by atoms with Gasteiger partial charge in [0.1, 0.15) is 0 Å². The molecule has 1 amide bonds. The molecule has 0 unspecified atom stereocenters. The minimum atomic E-state index is -2.54. The molecular weight excluding hydrogens is 258 g/mol. The zero-order valence-electron chi connectivity index (χ0n) is 10.8. The SMILES string of the molecule is CCO[Si](CCCNC(=O)S)(OCC)OCC. The summed E-state index contributed by atoms with van der Waals surface area (Å²) in [6.07, 6.45) is 0.762. The van der Waals surface area contributed by atoms with Gasteiger partial charge in [0.15, 0.2) is 0 Å². The molecule has 0 aliphatic rings. The van der Waals surface area contributed by atoms with Crippen molar-refractivity contribution in [3.8, 4) is 0 Å². The van der Waals surface area contributed by atoms with Gasteiger partial charge < -0.3 is 18.6 Å². The van der Waals surface area contributed by atoms with Crippen molar-refractivity contribution >= 4 is 26.7 Å². The van der Waals surface area contributed by atoms with Crippen LogP contribution < -0.4 is 5.32 Å². The Morgan fingerprint density at radius 1 is 1.12 bits per heavy atom. The number of hydrogen-bond donors (Lipinski definition) is 2. The van der Waals surface area contributed by atoms with Crippen LogP contribution >= 0.6 is 12.6 Å². The summed E-state index contributed by atoms with van der Waals surface area (Å²) in [4.78, 5) is 10.6. The fourth-order valence-corrected chi connectivity index (χ4v) is 4.23. The fraction of sp³-hybridized carbons (Fsp3) is 0.900. The Morgan fingerprint density at radius 2 is 1.59 bits per heavy atom. The van der Waals surface area contributed by atoms with Crippen molar-refractivity contribution in [2.24, 2.45) is 0 Å². The van der Waals surface area contributed by atoms with Crippen LogP contribution in [0, 0.1) is 0 Å². The normalized spacial score (nSPS) is 11.5. The van der Waals surface area contributed by atoms with Crippen LogP contribution in [0.1, 0.15) is 27.2 Å². The van der Waals surface area contributed by atoms with E-state index in [0.717, 1.165) is 6.42 Å². The van der Waals surface area contributed by atoms with Gasteiger partial charge in [-0.15, -0.1) is 0 Å². The molecule has 0 saturated heterocycles. The van der Waals surface area contributed by atoms with E-state index in [4.69, 9.17) is 13.3 Å². The number of hydrogen-bond acceptors (Lipinski definition) is 4. The third-order valence-electron chi connectivity index (χ3n) is 2.03. The number of nitrogens with one attached hydrogen (secondary N) is 1. The average molecular weight is 281 g/mol.